The molecule has 1 aromatic heterocycles. The quantitative estimate of drug-likeness (QED) is 0.685. The molecule has 1 saturated heterocycles. The average Bonchev–Trinajstić information content (AvgIpc) is 2.77. The number of ether oxygens (including phenoxy) is 1. The van der Waals surface area contributed by atoms with Gasteiger partial charge in [0.05, 0.1) is 0 Å². The minimum Gasteiger partial charge on any atom is -0.489 e. The summed E-state index contributed by atoms with van der Waals surface area (Å²) < 4.78 is 6.08. The fourth-order valence-electron chi connectivity index (χ4n) is 3.91. The van der Waals surface area contributed by atoms with Gasteiger partial charge in [-0.15, -0.1) is 0 Å². The Bertz CT molecular complexity index is 747. The number of anilines is 2. The van der Waals surface area contributed by atoms with Gasteiger partial charge in [0, 0.05) is 32.4 Å². The van der Waals surface area contributed by atoms with Gasteiger partial charge in [0.25, 0.3) is 0 Å². The molecule has 1 unspecified atom stereocenters. The summed E-state index contributed by atoms with van der Waals surface area (Å²) in [5, 5.41) is 6.96. The second-order valence-electron chi connectivity index (χ2n) is 7.66. The highest BCUT2D eigenvalue weighted by atomic mass is 16.5. The normalized spacial score (nSPS) is 19.0. The van der Waals surface area contributed by atoms with E-state index in [0.717, 1.165) is 69.5 Å². The predicted octanol–water partition coefficient (Wildman–Crippen LogP) is 3.25. The maximum atomic E-state index is 6.08. The van der Waals surface area contributed by atoms with E-state index in [0.29, 0.717) is 0 Å². The molecule has 0 radical (unpaired) electrons. The first-order valence-electron chi connectivity index (χ1n) is 10.7. The SMILES string of the molecule is c1ccc2c(c1)CCC(CNCCCNc1ccnc(N3CCCCC3)n1)O2. The van der Waals surface area contributed by atoms with Crippen LogP contribution >= 0.6 is 0 Å². The Kier molecular flexibility index (Phi) is 6.60. The summed E-state index contributed by atoms with van der Waals surface area (Å²) in [6.45, 7) is 4.92. The van der Waals surface area contributed by atoms with Gasteiger partial charge in [0.2, 0.25) is 5.95 Å². The van der Waals surface area contributed by atoms with E-state index in [2.05, 4.69) is 43.7 Å². The first kappa shape index (κ1) is 19.0. The van der Waals surface area contributed by atoms with Crippen molar-refractivity contribution < 1.29 is 4.74 Å². The fourth-order valence-corrected chi connectivity index (χ4v) is 3.91. The largest absolute Gasteiger partial charge is 0.489 e. The minimum atomic E-state index is 0.275. The third kappa shape index (κ3) is 5.13. The lowest BCUT2D eigenvalue weighted by Gasteiger charge is -2.26. The van der Waals surface area contributed by atoms with Crippen molar-refractivity contribution in [2.75, 3.05) is 42.9 Å². The van der Waals surface area contributed by atoms with Crippen LogP contribution in [0.5, 0.6) is 5.75 Å². The van der Waals surface area contributed by atoms with Gasteiger partial charge in [-0.25, -0.2) is 4.98 Å². The Balaban J connectivity index is 1.13. The summed E-state index contributed by atoms with van der Waals surface area (Å²) in [4.78, 5) is 11.4. The molecule has 1 aromatic carbocycles. The van der Waals surface area contributed by atoms with Gasteiger partial charge in [-0.3, -0.25) is 0 Å². The van der Waals surface area contributed by atoms with E-state index in [9.17, 15) is 0 Å². The van der Waals surface area contributed by atoms with E-state index in [4.69, 9.17) is 4.74 Å². The average molecular weight is 382 g/mol. The number of aromatic nitrogens is 2. The molecule has 0 amide bonds. The molecule has 0 aliphatic carbocycles. The highest BCUT2D eigenvalue weighted by Crippen LogP contribution is 2.26. The Morgan fingerprint density at radius 3 is 2.89 bits per heavy atom. The van der Waals surface area contributed by atoms with E-state index >= 15 is 0 Å². The van der Waals surface area contributed by atoms with Crippen LogP contribution in [0.1, 0.15) is 37.7 Å². The first-order valence-corrected chi connectivity index (χ1v) is 10.7. The number of aryl methyl sites for hydroxylation is 1. The molecule has 2 N–H and O–H groups in total. The standard InChI is InChI=1S/C22H31N5O/c1-4-15-27(16-5-1)22-25-14-11-21(26-22)24-13-6-12-23-17-19-10-9-18-7-2-3-8-20(18)28-19/h2-3,7-8,11,14,19,23H,1,4-6,9-10,12-13,15-17H2,(H,24,25,26). The molecule has 2 aliphatic rings. The molecule has 2 aliphatic heterocycles. The van der Waals surface area contributed by atoms with Crippen LogP contribution in [0.4, 0.5) is 11.8 Å². The van der Waals surface area contributed by atoms with Gasteiger partial charge in [-0.05, 0) is 62.8 Å². The number of nitrogens with zero attached hydrogens (tertiary/aromatic N) is 3. The fraction of sp³-hybridized carbons (Fsp3) is 0.545. The maximum absolute atomic E-state index is 6.08. The van der Waals surface area contributed by atoms with Gasteiger partial charge >= 0.3 is 0 Å². The molecule has 3 heterocycles. The number of piperidine rings is 1. The smallest absolute Gasteiger partial charge is 0.227 e. The topological polar surface area (TPSA) is 62.3 Å². The predicted molar refractivity (Wildman–Crippen MR) is 113 cm³/mol. The highest BCUT2D eigenvalue weighted by molar-refractivity contribution is 5.41. The van der Waals surface area contributed by atoms with E-state index in [-0.39, 0.29) is 6.10 Å². The third-order valence-electron chi connectivity index (χ3n) is 5.49. The molecule has 0 bridgehead atoms. The summed E-state index contributed by atoms with van der Waals surface area (Å²) in [5.74, 6) is 2.83. The number of rotatable bonds is 8. The monoisotopic (exact) mass is 381 g/mol. The first-order chi connectivity index (χ1) is 13.9. The summed E-state index contributed by atoms with van der Waals surface area (Å²) in [6, 6.07) is 10.3. The van der Waals surface area contributed by atoms with Gasteiger partial charge in [-0.1, -0.05) is 18.2 Å². The van der Waals surface area contributed by atoms with Crippen LogP contribution < -0.4 is 20.3 Å². The van der Waals surface area contributed by atoms with Crippen molar-refractivity contribution >= 4 is 11.8 Å². The van der Waals surface area contributed by atoms with E-state index < -0.39 is 0 Å². The van der Waals surface area contributed by atoms with Crippen LogP contribution in [0, 0.1) is 0 Å². The molecular formula is C22H31N5O. The summed E-state index contributed by atoms with van der Waals surface area (Å²) in [5.41, 5.74) is 1.33. The molecule has 2 aromatic rings. The number of fused-ring (bicyclic) bond motifs is 1. The summed E-state index contributed by atoms with van der Waals surface area (Å²) in [6.07, 6.45) is 9.17. The van der Waals surface area contributed by atoms with Gasteiger partial charge in [-0.2, -0.15) is 4.98 Å². The molecule has 4 rings (SSSR count). The van der Waals surface area contributed by atoms with Gasteiger partial charge < -0.3 is 20.3 Å². The number of hydrogen-bond donors (Lipinski definition) is 2. The van der Waals surface area contributed by atoms with Gasteiger partial charge in [0.15, 0.2) is 0 Å². The zero-order valence-corrected chi connectivity index (χ0v) is 16.6. The van der Waals surface area contributed by atoms with E-state index in [1.54, 1.807) is 0 Å². The number of benzene rings is 1. The van der Waals surface area contributed by atoms with E-state index in [1.807, 2.05) is 18.3 Å². The van der Waals surface area contributed by atoms with Crippen molar-refractivity contribution in [2.45, 2.75) is 44.6 Å². The molecule has 150 valence electrons. The van der Waals surface area contributed by atoms with Crippen molar-refractivity contribution in [3.63, 3.8) is 0 Å². The Hall–Kier alpha value is -2.34. The Morgan fingerprint density at radius 2 is 1.96 bits per heavy atom. The molecule has 6 nitrogen and oxygen atoms in total. The van der Waals surface area contributed by atoms with Crippen LogP contribution in [0.15, 0.2) is 36.5 Å². The van der Waals surface area contributed by atoms with Crippen molar-refractivity contribution in [3.8, 4) is 5.75 Å². The lowest BCUT2D eigenvalue weighted by molar-refractivity contribution is 0.171. The molecule has 1 atom stereocenters. The molecule has 0 spiro atoms. The van der Waals surface area contributed by atoms with Crippen LogP contribution in [0.2, 0.25) is 0 Å². The van der Waals surface area contributed by atoms with Gasteiger partial charge in [0.1, 0.15) is 17.7 Å². The van der Waals surface area contributed by atoms with Crippen molar-refractivity contribution in [3.05, 3.63) is 42.1 Å². The minimum absolute atomic E-state index is 0.275. The number of para-hydroxylation sites is 1. The van der Waals surface area contributed by atoms with Crippen molar-refractivity contribution in [1.82, 2.24) is 15.3 Å². The highest BCUT2D eigenvalue weighted by Gasteiger charge is 2.18. The molecule has 1 fully saturated rings. The number of nitrogens with one attached hydrogen (secondary N) is 2. The molecule has 6 heteroatoms. The van der Waals surface area contributed by atoms with Crippen LogP contribution in [0.3, 0.4) is 0 Å². The second kappa shape index (κ2) is 9.73. The lowest BCUT2D eigenvalue weighted by atomic mass is 10.0. The van der Waals surface area contributed by atoms with E-state index in [1.165, 1.54) is 24.8 Å². The van der Waals surface area contributed by atoms with Crippen LogP contribution in [-0.2, 0) is 6.42 Å². The number of hydrogen-bond acceptors (Lipinski definition) is 6. The Morgan fingerprint density at radius 1 is 1.07 bits per heavy atom. The zero-order chi connectivity index (χ0) is 19.0. The summed E-state index contributed by atoms with van der Waals surface area (Å²) >= 11 is 0. The molecule has 28 heavy (non-hydrogen) atoms. The molecular weight excluding hydrogens is 350 g/mol. The zero-order valence-electron chi connectivity index (χ0n) is 16.6. The van der Waals surface area contributed by atoms with Crippen LogP contribution in [0.25, 0.3) is 0 Å². The van der Waals surface area contributed by atoms with Crippen molar-refractivity contribution in [2.24, 2.45) is 0 Å². The third-order valence-corrected chi connectivity index (χ3v) is 5.49. The molecule has 0 saturated carbocycles. The summed E-state index contributed by atoms with van der Waals surface area (Å²) in [7, 11) is 0. The van der Waals surface area contributed by atoms with Crippen LogP contribution in [-0.4, -0.2) is 48.8 Å². The Labute approximate surface area is 167 Å². The lowest BCUT2D eigenvalue weighted by Crippen LogP contribution is -2.35. The second-order valence-corrected chi connectivity index (χ2v) is 7.66. The maximum Gasteiger partial charge on any atom is 0.227 e. The van der Waals surface area contributed by atoms with Crippen molar-refractivity contribution in [1.29, 1.82) is 0 Å².